The molecule has 2 rings (SSSR count). The number of hydrogen-bond donors (Lipinski definition) is 1. The van der Waals surface area contributed by atoms with Crippen molar-refractivity contribution in [3.8, 4) is 0 Å². The Morgan fingerprint density at radius 1 is 1.10 bits per heavy atom. The minimum absolute atomic E-state index is 0.0989. The number of rotatable bonds is 9. The van der Waals surface area contributed by atoms with Gasteiger partial charge in [0.15, 0.2) is 0 Å². The summed E-state index contributed by atoms with van der Waals surface area (Å²) in [6.07, 6.45) is 0. The molecule has 0 radical (unpaired) electrons. The van der Waals surface area contributed by atoms with Gasteiger partial charge in [-0.25, -0.2) is 9.59 Å². The smallest absolute Gasteiger partial charge is 0.348 e. The summed E-state index contributed by atoms with van der Waals surface area (Å²) in [7, 11) is 3.72. The van der Waals surface area contributed by atoms with Crippen LogP contribution in [0.15, 0.2) is 0 Å². The van der Waals surface area contributed by atoms with Crippen LogP contribution in [0.2, 0.25) is 0 Å². The predicted molar refractivity (Wildman–Crippen MR) is 119 cm³/mol. The molecule has 0 aliphatic heterocycles. The zero-order valence-electron chi connectivity index (χ0n) is 19.1. The van der Waals surface area contributed by atoms with Crippen LogP contribution in [0.4, 0.5) is 5.00 Å². The molecule has 2 heterocycles. The molecule has 10 heteroatoms. The lowest BCUT2D eigenvalue weighted by Crippen LogP contribution is -2.30. The first-order valence-electron chi connectivity index (χ1n) is 10.1. The van der Waals surface area contributed by atoms with Gasteiger partial charge in [-0.05, 0) is 47.2 Å². The number of esters is 2. The molecule has 0 aliphatic carbocycles. The van der Waals surface area contributed by atoms with Crippen LogP contribution in [0.3, 0.4) is 0 Å². The molecular weight excluding hydrogens is 420 g/mol. The minimum Gasteiger partial charge on any atom is -0.462 e. The first-order valence-corrected chi connectivity index (χ1v) is 10.9. The highest BCUT2D eigenvalue weighted by atomic mass is 32.1. The number of aromatic nitrogens is 2. The van der Waals surface area contributed by atoms with Crippen LogP contribution in [0.1, 0.15) is 56.4 Å². The lowest BCUT2D eigenvalue weighted by atomic mass is 10.1. The van der Waals surface area contributed by atoms with E-state index in [0.717, 1.165) is 28.3 Å². The van der Waals surface area contributed by atoms with E-state index in [-0.39, 0.29) is 41.1 Å². The van der Waals surface area contributed by atoms with Crippen molar-refractivity contribution in [1.82, 2.24) is 14.7 Å². The summed E-state index contributed by atoms with van der Waals surface area (Å²) >= 11 is 1.02. The summed E-state index contributed by atoms with van der Waals surface area (Å²) in [5.74, 6) is -1.42. The van der Waals surface area contributed by atoms with Gasteiger partial charge in [0.2, 0.25) is 5.91 Å². The molecule has 31 heavy (non-hydrogen) atoms. The molecule has 0 spiro atoms. The highest BCUT2D eigenvalue weighted by molar-refractivity contribution is 7.18. The van der Waals surface area contributed by atoms with E-state index in [1.807, 2.05) is 37.5 Å². The number of anilines is 1. The van der Waals surface area contributed by atoms with Gasteiger partial charge in [0.25, 0.3) is 0 Å². The molecule has 170 valence electrons. The number of thiophene rings is 1. The van der Waals surface area contributed by atoms with Crippen LogP contribution in [0, 0.1) is 20.8 Å². The lowest BCUT2D eigenvalue weighted by Gasteiger charge is -2.16. The number of amides is 1. The van der Waals surface area contributed by atoms with Crippen LogP contribution in [0.25, 0.3) is 0 Å². The fraction of sp³-hybridized carbons (Fsp3) is 0.524. The Kier molecular flexibility index (Phi) is 8.35. The predicted octanol–water partition coefficient (Wildman–Crippen LogP) is 2.83. The maximum Gasteiger partial charge on any atom is 0.348 e. The number of carbonyl (C=O) groups excluding carboxylic acids is 3. The quantitative estimate of drug-likeness (QED) is 0.586. The Morgan fingerprint density at radius 3 is 2.26 bits per heavy atom. The van der Waals surface area contributed by atoms with E-state index in [1.165, 1.54) is 0 Å². The van der Waals surface area contributed by atoms with Crippen LogP contribution in [0.5, 0.6) is 0 Å². The van der Waals surface area contributed by atoms with Gasteiger partial charge < -0.3 is 14.8 Å². The van der Waals surface area contributed by atoms with Crippen molar-refractivity contribution in [2.45, 2.75) is 41.2 Å². The van der Waals surface area contributed by atoms with Gasteiger partial charge >= 0.3 is 11.9 Å². The molecule has 0 saturated heterocycles. The molecule has 0 fully saturated rings. The number of carbonyl (C=O) groups is 3. The maximum absolute atomic E-state index is 12.7. The first kappa shape index (κ1) is 24.5. The van der Waals surface area contributed by atoms with Crippen LogP contribution in [-0.4, -0.2) is 59.3 Å². The zero-order valence-corrected chi connectivity index (χ0v) is 19.9. The normalized spacial score (nSPS) is 11.0. The van der Waals surface area contributed by atoms with Crippen molar-refractivity contribution in [3.63, 3.8) is 0 Å². The van der Waals surface area contributed by atoms with Gasteiger partial charge in [0, 0.05) is 24.8 Å². The molecule has 0 bridgehead atoms. The Balaban J connectivity index is 2.19. The third-order valence-corrected chi connectivity index (χ3v) is 6.03. The van der Waals surface area contributed by atoms with Gasteiger partial charge in [-0.15, -0.1) is 11.3 Å². The molecule has 0 unspecified atom stereocenters. The average Bonchev–Trinajstić information content (AvgIpc) is 3.12. The summed E-state index contributed by atoms with van der Waals surface area (Å²) in [4.78, 5) is 39.6. The number of ether oxygens (including phenoxy) is 2. The van der Waals surface area contributed by atoms with Gasteiger partial charge in [-0.2, -0.15) is 5.10 Å². The summed E-state index contributed by atoms with van der Waals surface area (Å²) in [6, 6.07) is 0. The molecule has 0 saturated carbocycles. The minimum atomic E-state index is -0.586. The van der Waals surface area contributed by atoms with E-state index >= 15 is 0 Å². The number of nitrogens with zero attached hydrogens (tertiary/aromatic N) is 3. The number of aryl methyl sites for hydroxylation is 2. The average molecular weight is 451 g/mol. The van der Waals surface area contributed by atoms with E-state index in [4.69, 9.17) is 9.47 Å². The molecule has 0 atom stereocenters. The van der Waals surface area contributed by atoms with Gasteiger partial charge in [0.05, 0.1) is 31.0 Å². The van der Waals surface area contributed by atoms with Crippen LogP contribution in [-0.2, 0) is 27.9 Å². The van der Waals surface area contributed by atoms with Crippen LogP contribution < -0.4 is 5.32 Å². The van der Waals surface area contributed by atoms with Crippen molar-refractivity contribution >= 4 is 34.2 Å². The molecule has 0 aliphatic rings. The monoisotopic (exact) mass is 450 g/mol. The largest absolute Gasteiger partial charge is 0.462 e. The Bertz CT molecular complexity index is 979. The Morgan fingerprint density at radius 2 is 1.71 bits per heavy atom. The molecule has 2 aromatic heterocycles. The van der Waals surface area contributed by atoms with E-state index in [9.17, 15) is 14.4 Å². The summed E-state index contributed by atoms with van der Waals surface area (Å²) in [5, 5.41) is 7.45. The fourth-order valence-corrected chi connectivity index (χ4v) is 4.33. The number of hydrogen-bond acceptors (Lipinski definition) is 8. The second-order valence-electron chi connectivity index (χ2n) is 7.19. The van der Waals surface area contributed by atoms with Crippen molar-refractivity contribution in [2.24, 2.45) is 7.05 Å². The highest BCUT2D eigenvalue weighted by Crippen LogP contribution is 2.34. The van der Waals surface area contributed by atoms with E-state index in [2.05, 4.69) is 10.4 Å². The molecular formula is C21H30N4O5S. The number of nitrogens with one attached hydrogen (secondary N) is 1. The second-order valence-corrected chi connectivity index (χ2v) is 8.22. The Hall–Kier alpha value is -2.72. The maximum atomic E-state index is 12.7. The molecule has 1 amide bonds. The highest BCUT2D eigenvalue weighted by Gasteiger charge is 2.27. The standard InChI is InChI=1S/C21H30N4O5S/c1-8-29-20(27)17-12(3)18(21(28)30-9-2)31-19(17)22-16(26)11-24(6)10-15-13(4)23-25(7)14(15)5/h8-11H2,1-7H3,(H,22,26). The second kappa shape index (κ2) is 10.5. The van der Waals surface area contributed by atoms with Crippen molar-refractivity contribution in [3.05, 3.63) is 33.0 Å². The van der Waals surface area contributed by atoms with E-state index < -0.39 is 11.9 Å². The molecule has 0 aromatic carbocycles. The lowest BCUT2D eigenvalue weighted by molar-refractivity contribution is -0.117. The molecule has 1 N–H and O–H groups in total. The molecule has 9 nitrogen and oxygen atoms in total. The van der Waals surface area contributed by atoms with Crippen molar-refractivity contribution in [1.29, 1.82) is 0 Å². The summed E-state index contributed by atoms with van der Waals surface area (Å²) < 4.78 is 12.0. The molecule has 2 aromatic rings. The third kappa shape index (κ3) is 5.71. The van der Waals surface area contributed by atoms with E-state index in [0.29, 0.717) is 12.1 Å². The van der Waals surface area contributed by atoms with Crippen LogP contribution >= 0.6 is 11.3 Å². The zero-order chi connectivity index (χ0) is 23.3. The van der Waals surface area contributed by atoms with Gasteiger partial charge in [-0.1, -0.05) is 0 Å². The number of likely N-dealkylation sites (N-methyl/N-ethyl adjacent to an activating group) is 1. The SMILES string of the molecule is CCOC(=O)c1sc(NC(=O)CN(C)Cc2c(C)nn(C)c2C)c(C(=O)OCC)c1C. The topological polar surface area (TPSA) is 103 Å². The summed E-state index contributed by atoms with van der Waals surface area (Å²) in [5.41, 5.74) is 3.66. The fourth-order valence-electron chi connectivity index (χ4n) is 3.23. The third-order valence-electron chi connectivity index (χ3n) is 4.84. The first-order chi connectivity index (χ1) is 14.6. The van der Waals surface area contributed by atoms with Gasteiger partial charge in [-0.3, -0.25) is 14.4 Å². The van der Waals surface area contributed by atoms with Crippen molar-refractivity contribution < 1.29 is 23.9 Å². The summed E-state index contributed by atoms with van der Waals surface area (Å²) in [6.45, 7) is 10.0. The Labute approximate surface area is 186 Å². The van der Waals surface area contributed by atoms with Crippen molar-refractivity contribution in [2.75, 3.05) is 32.1 Å². The van der Waals surface area contributed by atoms with E-state index in [1.54, 1.807) is 20.8 Å². The van der Waals surface area contributed by atoms with Gasteiger partial charge in [0.1, 0.15) is 9.88 Å².